The lowest BCUT2D eigenvalue weighted by atomic mass is 9.86. The van der Waals surface area contributed by atoms with Crippen LogP contribution < -0.4 is 31.7 Å². The van der Waals surface area contributed by atoms with Gasteiger partial charge in [-0.05, 0) is 63.1 Å². The minimum Gasteiger partial charge on any atom is -0.494 e. The highest BCUT2D eigenvalue weighted by Gasteiger charge is 2.24. The molecule has 4 atom stereocenters. The number of hydrogen-bond acceptors (Lipinski definition) is 9. The second-order valence-corrected chi connectivity index (χ2v) is 9.32. The van der Waals surface area contributed by atoms with E-state index in [2.05, 4.69) is 43.1 Å². The molecule has 2 fully saturated rings. The summed E-state index contributed by atoms with van der Waals surface area (Å²) in [6, 6.07) is 5.52. The molecule has 0 bridgehead atoms. The van der Waals surface area contributed by atoms with Crippen molar-refractivity contribution in [3.05, 3.63) is 24.0 Å². The van der Waals surface area contributed by atoms with Gasteiger partial charge in [0.05, 0.1) is 7.11 Å². The van der Waals surface area contributed by atoms with E-state index >= 15 is 0 Å². The van der Waals surface area contributed by atoms with Crippen molar-refractivity contribution in [2.75, 3.05) is 36.1 Å². The fourth-order valence-corrected chi connectivity index (χ4v) is 4.91. The number of nitrogens with zero attached hydrogens (tertiary/aromatic N) is 3. The fraction of sp³-hybridized carbons (Fsp3) is 0.625. The van der Waals surface area contributed by atoms with Crippen molar-refractivity contribution >= 4 is 23.5 Å². The molecule has 1 saturated heterocycles. The van der Waals surface area contributed by atoms with Crippen LogP contribution in [0.5, 0.6) is 5.75 Å². The Morgan fingerprint density at radius 1 is 1.15 bits per heavy atom. The Kier molecular flexibility index (Phi) is 8.34. The number of anilines is 4. The molecule has 2 aliphatic rings. The van der Waals surface area contributed by atoms with Gasteiger partial charge in [-0.25, -0.2) is 4.39 Å². The quantitative estimate of drug-likeness (QED) is 0.353. The summed E-state index contributed by atoms with van der Waals surface area (Å²) < 4.78 is 19.2. The average Bonchev–Trinajstić information content (AvgIpc) is 3.36. The van der Waals surface area contributed by atoms with Crippen LogP contribution in [0.4, 0.5) is 27.9 Å². The van der Waals surface area contributed by atoms with Crippen molar-refractivity contribution in [1.82, 2.24) is 20.3 Å². The van der Waals surface area contributed by atoms with Crippen LogP contribution in [0.2, 0.25) is 0 Å². The maximum absolute atomic E-state index is 14.2. The van der Waals surface area contributed by atoms with Crippen LogP contribution >= 0.6 is 0 Å². The maximum Gasteiger partial charge on any atom is 0.233 e. The maximum atomic E-state index is 14.2. The number of nitrogens with two attached hydrogens (primary N) is 1. The van der Waals surface area contributed by atoms with E-state index in [9.17, 15) is 4.39 Å². The van der Waals surface area contributed by atoms with E-state index in [-0.39, 0.29) is 17.8 Å². The number of methoxy groups -OCH3 is 1. The molecule has 1 saturated carbocycles. The highest BCUT2D eigenvalue weighted by atomic mass is 19.1. The molecule has 0 spiro atoms. The lowest BCUT2D eigenvalue weighted by molar-refractivity contribution is 0.334. The summed E-state index contributed by atoms with van der Waals surface area (Å²) in [4.78, 5) is 13.8. The van der Waals surface area contributed by atoms with Gasteiger partial charge in [0.25, 0.3) is 0 Å². The molecule has 1 aromatic heterocycles. The minimum absolute atomic E-state index is 0.187. The van der Waals surface area contributed by atoms with Gasteiger partial charge in [0.2, 0.25) is 17.8 Å². The first-order chi connectivity index (χ1) is 16.5. The number of aromatic nitrogens is 3. The van der Waals surface area contributed by atoms with Crippen LogP contribution in [0.1, 0.15) is 51.9 Å². The van der Waals surface area contributed by atoms with Crippen LogP contribution in [-0.2, 0) is 0 Å². The normalized spacial score (nSPS) is 23.4. The Morgan fingerprint density at radius 3 is 2.68 bits per heavy atom. The van der Waals surface area contributed by atoms with Gasteiger partial charge in [-0.15, -0.1) is 0 Å². The van der Waals surface area contributed by atoms with E-state index in [4.69, 9.17) is 10.5 Å². The molecule has 2 aromatic rings. The highest BCUT2D eigenvalue weighted by Crippen LogP contribution is 2.25. The van der Waals surface area contributed by atoms with Gasteiger partial charge in [-0.3, -0.25) is 0 Å². The smallest absolute Gasteiger partial charge is 0.233 e. The molecule has 10 heteroatoms. The molecule has 1 aliphatic carbocycles. The molecule has 4 rings (SSSR count). The molecule has 1 aromatic carbocycles. The Labute approximate surface area is 200 Å². The highest BCUT2D eigenvalue weighted by molar-refractivity contribution is 5.57. The third-order valence-electron chi connectivity index (χ3n) is 6.75. The summed E-state index contributed by atoms with van der Waals surface area (Å²) in [5, 5.41) is 13.5. The Balaban J connectivity index is 1.52. The number of benzene rings is 1. The lowest BCUT2D eigenvalue weighted by Crippen LogP contribution is -2.40. The van der Waals surface area contributed by atoms with Crippen molar-refractivity contribution in [2.24, 2.45) is 11.7 Å². The van der Waals surface area contributed by atoms with E-state index in [1.807, 2.05) is 0 Å². The lowest BCUT2D eigenvalue weighted by Gasteiger charge is -2.27. The molecule has 34 heavy (non-hydrogen) atoms. The van der Waals surface area contributed by atoms with Crippen LogP contribution in [0, 0.1) is 11.7 Å². The number of ether oxygens (including phenoxy) is 1. The van der Waals surface area contributed by atoms with Gasteiger partial charge in [-0.2, -0.15) is 15.0 Å². The monoisotopic (exact) mass is 472 g/mol. The van der Waals surface area contributed by atoms with Crippen molar-refractivity contribution in [2.45, 2.75) is 70.0 Å². The summed E-state index contributed by atoms with van der Waals surface area (Å²) in [6.45, 7) is 3.95. The van der Waals surface area contributed by atoms with Gasteiger partial charge < -0.3 is 31.7 Å². The summed E-state index contributed by atoms with van der Waals surface area (Å²) in [5.41, 5.74) is 6.69. The van der Waals surface area contributed by atoms with Gasteiger partial charge in [-0.1, -0.05) is 13.3 Å². The summed E-state index contributed by atoms with van der Waals surface area (Å²) in [7, 11) is 1.44. The molecular weight excluding hydrogens is 435 g/mol. The standard InChI is InChI=1S/C24H37FN8O/c1-3-19(20-8-5-11-27-20)30-24-32-22(28-14-15-6-4-7-16(26)12-15)31-23(33-24)29-17-9-10-21(34-2)18(25)13-17/h9-10,13,15-16,19-20,27H,3-8,11-12,14,26H2,1-2H3,(H3,28,29,30,31,32,33). The van der Waals surface area contributed by atoms with Crippen LogP contribution in [0.15, 0.2) is 18.2 Å². The third-order valence-corrected chi connectivity index (χ3v) is 6.75. The first-order valence-corrected chi connectivity index (χ1v) is 12.4. The first kappa shape index (κ1) is 24.4. The van der Waals surface area contributed by atoms with Crippen LogP contribution in [0.3, 0.4) is 0 Å². The Morgan fingerprint density at radius 2 is 1.97 bits per heavy atom. The Hall–Kier alpha value is -2.72. The molecule has 2 heterocycles. The zero-order valence-corrected chi connectivity index (χ0v) is 20.1. The van der Waals surface area contributed by atoms with Crippen LogP contribution in [0.25, 0.3) is 0 Å². The van der Waals surface area contributed by atoms with Crippen molar-refractivity contribution in [3.63, 3.8) is 0 Å². The number of hydrogen-bond donors (Lipinski definition) is 5. The predicted molar refractivity (Wildman–Crippen MR) is 133 cm³/mol. The molecule has 186 valence electrons. The predicted octanol–water partition coefficient (Wildman–Crippen LogP) is 3.63. The zero-order valence-electron chi connectivity index (χ0n) is 20.1. The van der Waals surface area contributed by atoms with Crippen molar-refractivity contribution in [1.29, 1.82) is 0 Å². The fourth-order valence-electron chi connectivity index (χ4n) is 4.91. The summed E-state index contributed by atoms with van der Waals surface area (Å²) in [6.07, 6.45) is 7.64. The molecule has 0 amide bonds. The number of nitrogens with one attached hydrogen (secondary N) is 4. The first-order valence-electron chi connectivity index (χ1n) is 12.4. The summed E-state index contributed by atoms with van der Waals surface area (Å²) in [5.74, 6) is 1.56. The Bertz CT molecular complexity index is 939. The second kappa shape index (κ2) is 11.6. The van der Waals surface area contributed by atoms with Crippen molar-refractivity contribution < 1.29 is 9.13 Å². The number of halogens is 1. The third kappa shape index (κ3) is 6.44. The SMILES string of the molecule is CCC(Nc1nc(NCC2CCCC(N)C2)nc(Nc2ccc(OC)c(F)c2)n1)C1CCCN1. The molecular formula is C24H37FN8O. The largest absolute Gasteiger partial charge is 0.494 e. The second-order valence-electron chi connectivity index (χ2n) is 9.32. The molecule has 1 aliphatic heterocycles. The van der Waals surface area contributed by atoms with E-state index in [1.165, 1.54) is 19.6 Å². The van der Waals surface area contributed by atoms with Gasteiger partial charge in [0, 0.05) is 36.4 Å². The topological polar surface area (TPSA) is 122 Å². The average molecular weight is 473 g/mol. The van der Waals surface area contributed by atoms with E-state index in [0.717, 1.165) is 51.6 Å². The van der Waals surface area contributed by atoms with Crippen LogP contribution in [-0.4, -0.2) is 53.3 Å². The van der Waals surface area contributed by atoms with E-state index in [1.54, 1.807) is 12.1 Å². The van der Waals surface area contributed by atoms with Gasteiger partial charge >= 0.3 is 0 Å². The summed E-state index contributed by atoms with van der Waals surface area (Å²) >= 11 is 0. The van der Waals surface area contributed by atoms with Crippen molar-refractivity contribution in [3.8, 4) is 5.75 Å². The van der Waals surface area contributed by atoms with Gasteiger partial charge in [0.15, 0.2) is 11.6 Å². The molecule has 9 nitrogen and oxygen atoms in total. The molecule has 6 N–H and O–H groups in total. The minimum atomic E-state index is -0.453. The zero-order chi connectivity index (χ0) is 23.9. The van der Waals surface area contributed by atoms with E-state index in [0.29, 0.717) is 35.5 Å². The van der Waals surface area contributed by atoms with Gasteiger partial charge in [0.1, 0.15) is 0 Å². The van der Waals surface area contributed by atoms with E-state index < -0.39 is 5.82 Å². The molecule has 4 unspecified atom stereocenters. The molecule has 0 radical (unpaired) electrons. The number of rotatable bonds is 10.